The monoisotopic (exact) mass is 239 g/mol. The SMILES string of the molecule is CC1(CNC(=O)N2CCCCCC2)CCCN1. The van der Waals surface area contributed by atoms with Crippen LogP contribution in [0.15, 0.2) is 0 Å². The van der Waals surface area contributed by atoms with E-state index in [9.17, 15) is 4.79 Å². The molecule has 0 aromatic rings. The van der Waals surface area contributed by atoms with Gasteiger partial charge in [-0.05, 0) is 39.2 Å². The molecule has 2 rings (SSSR count). The molecule has 0 aliphatic carbocycles. The van der Waals surface area contributed by atoms with Crippen LogP contribution in [0.1, 0.15) is 45.4 Å². The van der Waals surface area contributed by atoms with Gasteiger partial charge in [0, 0.05) is 25.2 Å². The van der Waals surface area contributed by atoms with Crippen molar-refractivity contribution in [3.8, 4) is 0 Å². The van der Waals surface area contributed by atoms with E-state index >= 15 is 0 Å². The zero-order valence-electron chi connectivity index (χ0n) is 10.9. The van der Waals surface area contributed by atoms with Crippen LogP contribution >= 0.6 is 0 Å². The molecule has 2 heterocycles. The lowest BCUT2D eigenvalue weighted by Gasteiger charge is -2.27. The molecule has 1 unspecified atom stereocenters. The van der Waals surface area contributed by atoms with E-state index in [2.05, 4.69) is 17.6 Å². The van der Waals surface area contributed by atoms with Crippen LogP contribution in [0, 0.1) is 0 Å². The third-order valence-electron chi connectivity index (χ3n) is 3.98. The Morgan fingerprint density at radius 2 is 1.94 bits per heavy atom. The van der Waals surface area contributed by atoms with Crippen molar-refractivity contribution in [1.29, 1.82) is 0 Å². The quantitative estimate of drug-likeness (QED) is 0.770. The van der Waals surface area contributed by atoms with Gasteiger partial charge in [-0.3, -0.25) is 0 Å². The Bertz CT molecular complexity index is 253. The topological polar surface area (TPSA) is 44.4 Å². The van der Waals surface area contributed by atoms with Crippen molar-refractivity contribution in [2.45, 2.75) is 51.0 Å². The van der Waals surface area contributed by atoms with Gasteiger partial charge in [0.15, 0.2) is 0 Å². The Kier molecular flexibility index (Phi) is 4.26. The van der Waals surface area contributed by atoms with Gasteiger partial charge in [-0.1, -0.05) is 12.8 Å². The van der Waals surface area contributed by atoms with E-state index < -0.39 is 0 Å². The van der Waals surface area contributed by atoms with Gasteiger partial charge in [-0.2, -0.15) is 0 Å². The number of likely N-dealkylation sites (tertiary alicyclic amines) is 1. The third-order valence-corrected chi connectivity index (χ3v) is 3.98. The van der Waals surface area contributed by atoms with Crippen LogP contribution < -0.4 is 10.6 Å². The largest absolute Gasteiger partial charge is 0.336 e. The maximum absolute atomic E-state index is 12.0. The second-order valence-corrected chi connectivity index (χ2v) is 5.65. The van der Waals surface area contributed by atoms with Crippen molar-refractivity contribution < 1.29 is 4.79 Å². The second kappa shape index (κ2) is 5.71. The molecule has 4 heteroatoms. The number of amides is 2. The lowest BCUT2D eigenvalue weighted by atomic mass is 10.0. The van der Waals surface area contributed by atoms with Gasteiger partial charge >= 0.3 is 6.03 Å². The minimum Gasteiger partial charge on any atom is -0.336 e. The van der Waals surface area contributed by atoms with Gasteiger partial charge < -0.3 is 15.5 Å². The Morgan fingerprint density at radius 1 is 1.24 bits per heavy atom. The Balaban J connectivity index is 1.75. The number of hydrogen-bond acceptors (Lipinski definition) is 2. The number of carbonyl (C=O) groups excluding carboxylic acids is 1. The molecule has 2 fully saturated rings. The highest BCUT2D eigenvalue weighted by Gasteiger charge is 2.28. The van der Waals surface area contributed by atoms with Gasteiger partial charge in [0.25, 0.3) is 0 Å². The van der Waals surface area contributed by atoms with Crippen molar-refractivity contribution in [2.75, 3.05) is 26.2 Å². The Morgan fingerprint density at radius 3 is 2.53 bits per heavy atom. The molecule has 1 atom stereocenters. The number of nitrogens with zero attached hydrogens (tertiary/aromatic N) is 1. The number of carbonyl (C=O) groups is 1. The molecule has 0 spiro atoms. The average molecular weight is 239 g/mol. The fourth-order valence-corrected chi connectivity index (χ4v) is 2.76. The molecular weight excluding hydrogens is 214 g/mol. The standard InChI is InChI=1S/C13H25N3O/c1-13(7-6-8-15-13)11-14-12(17)16-9-4-2-3-5-10-16/h15H,2-11H2,1H3,(H,14,17). The van der Waals surface area contributed by atoms with Crippen molar-refractivity contribution in [3.05, 3.63) is 0 Å². The molecule has 0 aromatic carbocycles. The van der Waals surface area contributed by atoms with E-state index in [-0.39, 0.29) is 11.6 Å². The summed E-state index contributed by atoms with van der Waals surface area (Å²) in [6.07, 6.45) is 7.22. The predicted molar refractivity (Wildman–Crippen MR) is 69.1 cm³/mol. The summed E-state index contributed by atoms with van der Waals surface area (Å²) in [6, 6.07) is 0.127. The van der Waals surface area contributed by atoms with Gasteiger partial charge in [0.2, 0.25) is 0 Å². The zero-order chi connectivity index (χ0) is 12.1. The fourth-order valence-electron chi connectivity index (χ4n) is 2.76. The predicted octanol–water partition coefficient (Wildman–Crippen LogP) is 1.71. The van der Waals surface area contributed by atoms with Crippen LogP contribution in [0.4, 0.5) is 4.79 Å². The van der Waals surface area contributed by atoms with Crippen LogP contribution in [-0.2, 0) is 0 Å². The van der Waals surface area contributed by atoms with Gasteiger partial charge in [-0.15, -0.1) is 0 Å². The summed E-state index contributed by atoms with van der Waals surface area (Å²) in [6.45, 7) is 5.88. The normalized spacial score (nSPS) is 30.1. The number of urea groups is 1. The molecular formula is C13H25N3O. The molecule has 2 N–H and O–H groups in total. The number of rotatable bonds is 2. The maximum Gasteiger partial charge on any atom is 0.317 e. The molecule has 0 aromatic heterocycles. The smallest absolute Gasteiger partial charge is 0.317 e. The first kappa shape index (κ1) is 12.7. The summed E-state index contributed by atoms with van der Waals surface area (Å²) < 4.78 is 0. The lowest BCUT2D eigenvalue weighted by molar-refractivity contribution is 0.196. The van der Waals surface area contributed by atoms with Crippen molar-refractivity contribution >= 4 is 6.03 Å². The highest BCUT2D eigenvalue weighted by atomic mass is 16.2. The first-order valence-corrected chi connectivity index (χ1v) is 6.97. The lowest BCUT2D eigenvalue weighted by Crippen LogP contribution is -2.50. The molecule has 4 nitrogen and oxygen atoms in total. The van der Waals surface area contributed by atoms with E-state index in [0.717, 1.165) is 45.4 Å². The summed E-state index contributed by atoms with van der Waals surface area (Å²) in [7, 11) is 0. The molecule has 17 heavy (non-hydrogen) atoms. The Hall–Kier alpha value is -0.770. The highest BCUT2D eigenvalue weighted by Crippen LogP contribution is 2.17. The minimum atomic E-state index is 0.113. The first-order valence-electron chi connectivity index (χ1n) is 6.97. The minimum absolute atomic E-state index is 0.113. The van der Waals surface area contributed by atoms with Gasteiger partial charge in [0.1, 0.15) is 0 Å². The molecule has 2 amide bonds. The molecule has 0 radical (unpaired) electrons. The van der Waals surface area contributed by atoms with E-state index in [1.54, 1.807) is 0 Å². The van der Waals surface area contributed by atoms with E-state index in [1.165, 1.54) is 19.3 Å². The first-order chi connectivity index (χ1) is 8.20. The van der Waals surface area contributed by atoms with Crippen LogP contribution in [0.2, 0.25) is 0 Å². The van der Waals surface area contributed by atoms with Crippen LogP contribution in [0.25, 0.3) is 0 Å². The molecule has 2 aliphatic rings. The highest BCUT2D eigenvalue weighted by molar-refractivity contribution is 5.74. The van der Waals surface area contributed by atoms with Crippen molar-refractivity contribution in [2.24, 2.45) is 0 Å². The van der Waals surface area contributed by atoms with Gasteiger partial charge in [0.05, 0.1) is 0 Å². The Labute approximate surface area is 104 Å². The molecule has 0 bridgehead atoms. The summed E-state index contributed by atoms with van der Waals surface area (Å²) in [5.74, 6) is 0. The molecule has 0 saturated carbocycles. The van der Waals surface area contributed by atoms with E-state index in [4.69, 9.17) is 0 Å². The fraction of sp³-hybridized carbons (Fsp3) is 0.923. The van der Waals surface area contributed by atoms with Crippen molar-refractivity contribution in [3.63, 3.8) is 0 Å². The summed E-state index contributed by atoms with van der Waals surface area (Å²) in [5.41, 5.74) is 0.113. The summed E-state index contributed by atoms with van der Waals surface area (Å²) >= 11 is 0. The number of nitrogens with one attached hydrogen (secondary N) is 2. The van der Waals surface area contributed by atoms with E-state index in [0.29, 0.717) is 0 Å². The molecule has 2 aliphatic heterocycles. The molecule has 98 valence electrons. The molecule has 2 saturated heterocycles. The van der Waals surface area contributed by atoms with E-state index in [1.807, 2.05) is 4.90 Å². The summed E-state index contributed by atoms with van der Waals surface area (Å²) in [4.78, 5) is 14.0. The second-order valence-electron chi connectivity index (χ2n) is 5.65. The zero-order valence-corrected chi connectivity index (χ0v) is 10.9. The van der Waals surface area contributed by atoms with Crippen LogP contribution in [-0.4, -0.2) is 42.6 Å². The van der Waals surface area contributed by atoms with Crippen molar-refractivity contribution in [1.82, 2.24) is 15.5 Å². The average Bonchev–Trinajstić information content (AvgIpc) is 2.60. The maximum atomic E-state index is 12.0. The van der Waals surface area contributed by atoms with Gasteiger partial charge in [-0.25, -0.2) is 4.79 Å². The van der Waals surface area contributed by atoms with Crippen LogP contribution in [0.5, 0.6) is 0 Å². The number of hydrogen-bond donors (Lipinski definition) is 2. The summed E-state index contributed by atoms with van der Waals surface area (Å²) in [5, 5.41) is 6.56. The third kappa shape index (κ3) is 3.60. The van der Waals surface area contributed by atoms with Crippen LogP contribution in [0.3, 0.4) is 0 Å².